The Morgan fingerprint density at radius 3 is 2.74 bits per heavy atom. The summed E-state index contributed by atoms with van der Waals surface area (Å²) in [6.45, 7) is 4.06. The molecular formula is C21H24N4O2. The molecule has 0 saturated carbocycles. The van der Waals surface area contributed by atoms with E-state index < -0.39 is 0 Å². The number of ether oxygens (including phenoxy) is 1. The summed E-state index contributed by atoms with van der Waals surface area (Å²) in [5.41, 5.74) is 2.77. The summed E-state index contributed by atoms with van der Waals surface area (Å²) in [4.78, 5) is 11.1. The Labute approximate surface area is 158 Å². The third-order valence-corrected chi connectivity index (χ3v) is 4.93. The second-order valence-electron chi connectivity index (χ2n) is 7.18. The van der Waals surface area contributed by atoms with E-state index in [2.05, 4.69) is 46.3 Å². The predicted molar refractivity (Wildman–Crippen MR) is 107 cm³/mol. The number of nitrogens with one attached hydrogen (secondary N) is 1. The SMILES string of the molecule is Cc1cccc(Nc2ncnc3cc(O)cc(OC4CCN(C)CC4)c23)c1. The van der Waals surface area contributed by atoms with E-state index in [0.29, 0.717) is 17.1 Å². The topological polar surface area (TPSA) is 70.5 Å². The summed E-state index contributed by atoms with van der Waals surface area (Å²) in [6.07, 6.45) is 3.54. The van der Waals surface area contributed by atoms with Crippen LogP contribution < -0.4 is 10.1 Å². The summed E-state index contributed by atoms with van der Waals surface area (Å²) in [5, 5.41) is 14.3. The molecule has 0 atom stereocenters. The van der Waals surface area contributed by atoms with Gasteiger partial charge in [-0.05, 0) is 44.5 Å². The maximum atomic E-state index is 10.1. The number of hydrogen-bond acceptors (Lipinski definition) is 6. The lowest BCUT2D eigenvalue weighted by atomic mass is 10.1. The van der Waals surface area contributed by atoms with Crippen LogP contribution in [-0.4, -0.2) is 46.2 Å². The molecule has 1 aliphatic rings. The van der Waals surface area contributed by atoms with Crippen molar-refractivity contribution in [1.82, 2.24) is 14.9 Å². The Balaban J connectivity index is 1.71. The number of benzene rings is 2. The van der Waals surface area contributed by atoms with E-state index in [0.717, 1.165) is 37.0 Å². The molecule has 0 spiro atoms. The first-order chi connectivity index (χ1) is 13.1. The number of nitrogens with zero attached hydrogens (tertiary/aromatic N) is 3. The van der Waals surface area contributed by atoms with Crippen LogP contribution in [0.25, 0.3) is 10.9 Å². The van der Waals surface area contributed by atoms with E-state index in [9.17, 15) is 5.11 Å². The average molecular weight is 364 g/mol. The molecule has 1 aliphatic heterocycles. The molecule has 0 unspecified atom stereocenters. The van der Waals surface area contributed by atoms with E-state index in [4.69, 9.17) is 4.74 Å². The number of phenols is 1. The minimum atomic E-state index is 0.123. The van der Waals surface area contributed by atoms with Crippen molar-refractivity contribution in [3.05, 3.63) is 48.3 Å². The summed E-state index contributed by atoms with van der Waals surface area (Å²) in [7, 11) is 2.12. The Bertz CT molecular complexity index is 952. The molecule has 3 aromatic rings. The van der Waals surface area contributed by atoms with Gasteiger partial charge in [0.15, 0.2) is 0 Å². The highest BCUT2D eigenvalue weighted by molar-refractivity contribution is 5.96. The van der Waals surface area contributed by atoms with Crippen molar-refractivity contribution in [2.24, 2.45) is 0 Å². The molecule has 2 N–H and O–H groups in total. The zero-order valence-corrected chi connectivity index (χ0v) is 15.6. The highest BCUT2D eigenvalue weighted by Crippen LogP contribution is 2.36. The van der Waals surface area contributed by atoms with Crippen molar-refractivity contribution >= 4 is 22.4 Å². The zero-order valence-electron chi connectivity index (χ0n) is 15.6. The van der Waals surface area contributed by atoms with E-state index in [1.807, 2.05) is 12.1 Å². The third kappa shape index (κ3) is 3.95. The fourth-order valence-electron chi connectivity index (χ4n) is 3.47. The number of aryl methyl sites for hydroxylation is 1. The maximum absolute atomic E-state index is 10.1. The second kappa shape index (κ2) is 7.40. The van der Waals surface area contributed by atoms with Crippen LogP contribution >= 0.6 is 0 Å². The minimum absolute atomic E-state index is 0.123. The fraction of sp³-hybridized carbons (Fsp3) is 0.333. The van der Waals surface area contributed by atoms with E-state index in [1.165, 1.54) is 11.9 Å². The van der Waals surface area contributed by atoms with Crippen molar-refractivity contribution < 1.29 is 9.84 Å². The highest BCUT2D eigenvalue weighted by atomic mass is 16.5. The van der Waals surface area contributed by atoms with Gasteiger partial charge in [-0.25, -0.2) is 9.97 Å². The summed E-state index contributed by atoms with van der Waals surface area (Å²) in [6, 6.07) is 11.4. The van der Waals surface area contributed by atoms with Crippen molar-refractivity contribution in [2.45, 2.75) is 25.9 Å². The molecule has 0 amide bonds. The number of anilines is 2. The normalized spacial score (nSPS) is 15.8. The molecular weight excluding hydrogens is 340 g/mol. The van der Waals surface area contributed by atoms with E-state index in [1.54, 1.807) is 12.1 Å². The molecule has 1 saturated heterocycles. The lowest BCUT2D eigenvalue weighted by Crippen LogP contribution is -2.35. The largest absolute Gasteiger partial charge is 0.508 e. The highest BCUT2D eigenvalue weighted by Gasteiger charge is 2.21. The molecule has 6 heteroatoms. The quantitative estimate of drug-likeness (QED) is 0.733. The molecule has 2 heterocycles. The number of piperidine rings is 1. The molecule has 1 fully saturated rings. The molecule has 0 aliphatic carbocycles. The van der Waals surface area contributed by atoms with Gasteiger partial charge in [0.1, 0.15) is 29.7 Å². The monoisotopic (exact) mass is 364 g/mol. The first-order valence-corrected chi connectivity index (χ1v) is 9.25. The zero-order chi connectivity index (χ0) is 18.8. The van der Waals surface area contributed by atoms with Crippen LogP contribution in [0, 0.1) is 6.92 Å². The molecule has 4 rings (SSSR count). The first-order valence-electron chi connectivity index (χ1n) is 9.25. The van der Waals surface area contributed by atoms with Crippen LogP contribution in [0.5, 0.6) is 11.5 Å². The number of fused-ring (bicyclic) bond motifs is 1. The summed E-state index contributed by atoms with van der Waals surface area (Å²) >= 11 is 0. The van der Waals surface area contributed by atoms with Gasteiger partial charge in [-0.3, -0.25) is 0 Å². The number of aromatic hydroxyl groups is 1. The molecule has 1 aromatic heterocycles. The van der Waals surface area contributed by atoms with Gasteiger partial charge in [0.05, 0.1) is 10.9 Å². The van der Waals surface area contributed by atoms with Gasteiger partial charge in [-0.2, -0.15) is 0 Å². The molecule has 0 radical (unpaired) electrons. The standard InChI is InChI=1S/C21H24N4O2/c1-14-4-3-5-15(10-14)24-21-20-18(22-13-23-21)11-16(26)12-19(20)27-17-6-8-25(2)9-7-17/h3-5,10-13,17,26H,6-9H2,1-2H3,(H,22,23,24). The number of rotatable bonds is 4. The van der Waals surface area contributed by atoms with Crippen LogP contribution in [0.15, 0.2) is 42.7 Å². The predicted octanol–water partition coefficient (Wildman–Crippen LogP) is 3.86. The maximum Gasteiger partial charge on any atom is 0.145 e. The Morgan fingerprint density at radius 1 is 1.15 bits per heavy atom. The minimum Gasteiger partial charge on any atom is -0.508 e. The summed E-state index contributed by atoms with van der Waals surface area (Å²) < 4.78 is 6.29. The van der Waals surface area contributed by atoms with Gasteiger partial charge in [0.2, 0.25) is 0 Å². The van der Waals surface area contributed by atoms with Gasteiger partial charge >= 0.3 is 0 Å². The van der Waals surface area contributed by atoms with Gasteiger partial charge in [-0.1, -0.05) is 12.1 Å². The van der Waals surface area contributed by atoms with Crippen LogP contribution in [0.1, 0.15) is 18.4 Å². The third-order valence-electron chi connectivity index (χ3n) is 4.93. The van der Waals surface area contributed by atoms with E-state index in [-0.39, 0.29) is 11.9 Å². The second-order valence-corrected chi connectivity index (χ2v) is 7.18. The van der Waals surface area contributed by atoms with Crippen molar-refractivity contribution in [3.8, 4) is 11.5 Å². The van der Waals surface area contributed by atoms with Crippen molar-refractivity contribution in [3.63, 3.8) is 0 Å². The van der Waals surface area contributed by atoms with Gasteiger partial charge in [0.25, 0.3) is 0 Å². The van der Waals surface area contributed by atoms with Crippen LogP contribution in [0.4, 0.5) is 11.5 Å². The average Bonchev–Trinajstić information content (AvgIpc) is 2.63. The smallest absolute Gasteiger partial charge is 0.145 e. The first kappa shape index (κ1) is 17.5. The number of phenolic OH excluding ortho intramolecular Hbond substituents is 1. The fourth-order valence-corrected chi connectivity index (χ4v) is 3.47. The molecule has 2 aromatic carbocycles. The van der Waals surface area contributed by atoms with Crippen LogP contribution in [0.2, 0.25) is 0 Å². The Kier molecular flexibility index (Phi) is 4.81. The van der Waals surface area contributed by atoms with Crippen LogP contribution in [0.3, 0.4) is 0 Å². The molecule has 27 heavy (non-hydrogen) atoms. The Morgan fingerprint density at radius 2 is 1.96 bits per heavy atom. The van der Waals surface area contributed by atoms with Crippen molar-refractivity contribution in [1.29, 1.82) is 0 Å². The number of aromatic nitrogens is 2. The number of likely N-dealkylation sites (tertiary alicyclic amines) is 1. The van der Waals surface area contributed by atoms with Gasteiger partial charge in [0, 0.05) is 30.9 Å². The summed E-state index contributed by atoms with van der Waals surface area (Å²) in [5.74, 6) is 1.44. The number of hydrogen-bond donors (Lipinski definition) is 2. The van der Waals surface area contributed by atoms with Gasteiger partial charge in [-0.15, -0.1) is 0 Å². The lowest BCUT2D eigenvalue weighted by molar-refractivity contribution is 0.115. The molecule has 6 nitrogen and oxygen atoms in total. The van der Waals surface area contributed by atoms with Crippen molar-refractivity contribution in [2.75, 3.05) is 25.5 Å². The van der Waals surface area contributed by atoms with Gasteiger partial charge < -0.3 is 20.1 Å². The Hall–Kier alpha value is -2.86. The lowest BCUT2D eigenvalue weighted by Gasteiger charge is -2.29. The molecule has 140 valence electrons. The van der Waals surface area contributed by atoms with E-state index >= 15 is 0 Å². The molecule has 0 bridgehead atoms. The van der Waals surface area contributed by atoms with Crippen LogP contribution in [-0.2, 0) is 0 Å².